The van der Waals surface area contributed by atoms with E-state index in [2.05, 4.69) is 5.32 Å². The number of hydrogen-bond donors (Lipinski definition) is 1. The lowest BCUT2D eigenvalue weighted by atomic mass is 10.1. The molecule has 3 rings (SSSR count). The molecule has 1 N–H and O–H groups in total. The Morgan fingerprint density at radius 3 is 2.69 bits per heavy atom. The Bertz CT molecular complexity index is 888. The first-order chi connectivity index (χ1) is 12.6. The smallest absolute Gasteiger partial charge is 0.338 e. The predicted molar refractivity (Wildman–Crippen MR) is 92.1 cm³/mol. The van der Waals surface area contributed by atoms with Crippen molar-refractivity contribution in [2.75, 3.05) is 18.5 Å². The molecule has 2 aromatic carbocycles. The standard InChI is InChI=1S/C19H16N2O5/c1-12(26-19(23)14-4-2-3-13(9-14)11-20)18(22)21-15-5-6-16-17(10-15)25-8-7-24-16/h2-6,9-10,12H,7-8H2,1H3,(H,21,22)/t12-/m1/s1. The zero-order valence-electron chi connectivity index (χ0n) is 14.0. The molecule has 0 aromatic heterocycles. The lowest BCUT2D eigenvalue weighted by molar-refractivity contribution is -0.123. The molecule has 26 heavy (non-hydrogen) atoms. The topological polar surface area (TPSA) is 97.7 Å². The number of esters is 1. The summed E-state index contributed by atoms with van der Waals surface area (Å²) in [7, 11) is 0. The highest BCUT2D eigenvalue weighted by atomic mass is 16.6. The third kappa shape index (κ3) is 3.92. The quantitative estimate of drug-likeness (QED) is 0.849. The molecule has 0 bridgehead atoms. The van der Waals surface area contributed by atoms with E-state index in [0.717, 1.165) is 0 Å². The summed E-state index contributed by atoms with van der Waals surface area (Å²) in [5.74, 6) is 0.0107. The van der Waals surface area contributed by atoms with E-state index >= 15 is 0 Å². The number of fused-ring (bicyclic) bond motifs is 1. The van der Waals surface area contributed by atoms with Gasteiger partial charge < -0.3 is 19.5 Å². The van der Waals surface area contributed by atoms with Gasteiger partial charge in [0.1, 0.15) is 13.2 Å². The Balaban J connectivity index is 1.62. The molecule has 2 aromatic rings. The molecular formula is C19H16N2O5. The summed E-state index contributed by atoms with van der Waals surface area (Å²) in [6.07, 6.45) is -1.01. The van der Waals surface area contributed by atoms with Crippen LogP contribution in [0.5, 0.6) is 11.5 Å². The van der Waals surface area contributed by atoms with Crippen molar-refractivity contribution < 1.29 is 23.8 Å². The van der Waals surface area contributed by atoms with Crippen LogP contribution >= 0.6 is 0 Å². The van der Waals surface area contributed by atoms with Gasteiger partial charge in [0.2, 0.25) is 0 Å². The minimum absolute atomic E-state index is 0.211. The molecule has 0 unspecified atom stereocenters. The normalized spacial score (nSPS) is 13.2. The minimum atomic E-state index is -1.01. The van der Waals surface area contributed by atoms with Gasteiger partial charge in [-0.2, -0.15) is 5.26 Å². The van der Waals surface area contributed by atoms with Crippen LogP contribution in [0, 0.1) is 11.3 Å². The number of carbonyl (C=O) groups excluding carboxylic acids is 2. The number of carbonyl (C=O) groups is 2. The van der Waals surface area contributed by atoms with E-state index in [1.54, 1.807) is 30.3 Å². The molecule has 7 nitrogen and oxygen atoms in total. The van der Waals surface area contributed by atoms with Gasteiger partial charge in [0.25, 0.3) is 5.91 Å². The van der Waals surface area contributed by atoms with Crippen molar-refractivity contribution in [1.29, 1.82) is 5.26 Å². The highest BCUT2D eigenvalue weighted by Gasteiger charge is 2.20. The molecule has 1 aliphatic heterocycles. The van der Waals surface area contributed by atoms with E-state index in [0.29, 0.717) is 36.0 Å². The van der Waals surface area contributed by atoms with E-state index in [1.165, 1.54) is 19.1 Å². The number of benzene rings is 2. The molecule has 7 heteroatoms. The molecule has 1 atom stereocenters. The van der Waals surface area contributed by atoms with Crippen LogP contribution in [0.4, 0.5) is 5.69 Å². The fraction of sp³-hybridized carbons (Fsp3) is 0.211. The molecule has 0 fully saturated rings. The monoisotopic (exact) mass is 352 g/mol. The Morgan fingerprint density at radius 1 is 1.15 bits per heavy atom. The van der Waals surface area contributed by atoms with E-state index in [4.69, 9.17) is 19.5 Å². The molecule has 1 aliphatic rings. The van der Waals surface area contributed by atoms with Crippen molar-refractivity contribution in [2.24, 2.45) is 0 Å². The van der Waals surface area contributed by atoms with Crippen molar-refractivity contribution in [3.05, 3.63) is 53.6 Å². The lowest BCUT2D eigenvalue weighted by Gasteiger charge is -2.19. The van der Waals surface area contributed by atoms with Crippen LogP contribution in [0.3, 0.4) is 0 Å². The Hall–Kier alpha value is -3.53. The second-order valence-corrected chi connectivity index (χ2v) is 5.59. The summed E-state index contributed by atoms with van der Waals surface area (Å²) < 4.78 is 16.0. The average molecular weight is 352 g/mol. The largest absolute Gasteiger partial charge is 0.486 e. The van der Waals surface area contributed by atoms with E-state index in [9.17, 15) is 9.59 Å². The summed E-state index contributed by atoms with van der Waals surface area (Å²) in [6, 6.07) is 13.1. The number of nitrogens with one attached hydrogen (secondary N) is 1. The first-order valence-electron chi connectivity index (χ1n) is 7.98. The SMILES string of the molecule is C[C@@H](OC(=O)c1cccc(C#N)c1)C(=O)Nc1ccc2c(c1)OCCO2. The van der Waals surface area contributed by atoms with Gasteiger partial charge in [0.05, 0.1) is 17.2 Å². The van der Waals surface area contributed by atoms with Crippen LogP contribution in [-0.4, -0.2) is 31.2 Å². The second kappa shape index (κ2) is 7.57. The molecule has 0 saturated heterocycles. The summed E-state index contributed by atoms with van der Waals surface area (Å²) >= 11 is 0. The number of hydrogen-bond acceptors (Lipinski definition) is 6. The molecular weight excluding hydrogens is 336 g/mol. The molecule has 0 radical (unpaired) electrons. The summed E-state index contributed by atoms with van der Waals surface area (Å²) in [5.41, 5.74) is 1.06. The fourth-order valence-electron chi connectivity index (χ4n) is 2.36. The zero-order chi connectivity index (χ0) is 18.5. The van der Waals surface area contributed by atoms with Crippen LogP contribution in [0.1, 0.15) is 22.8 Å². The van der Waals surface area contributed by atoms with Crippen LogP contribution in [0.15, 0.2) is 42.5 Å². The van der Waals surface area contributed by atoms with Gasteiger partial charge >= 0.3 is 5.97 Å². The van der Waals surface area contributed by atoms with E-state index in [1.807, 2.05) is 6.07 Å². The van der Waals surface area contributed by atoms with E-state index in [-0.39, 0.29) is 5.56 Å². The van der Waals surface area contributed by atoms with Crippen molar-refractivity contribution in [1.82, 2.24) is 0 Å². The Morgan fingerprint density at radius 2 is 1.92 bits per heavy atom. The van der Waals surface area contributed by atoms with Crippen molar-refractivity contribution in [2.45, 2.75) is 13.0 Å². The summed E-state index contributed by atoms with van der Waals surface area (Å²) in [5, 5.41) is 11.5. The van der Waals surface area contributed by atoms with Gasteiger partial charge in [0.15, 0.2) is 17.6 Å². The maximum Gasteiger partial charge on any atom is 0.338 e. The van der Waals surface area contributed by atoms with Crippen LogP contribution in [0.25, 0.3) is 0 Å². The first-order valence-corrected chi connectivity index (χ1v) is 7.98. The minimum Gasteiger partial charge on any atom is -0.486 e. The van der Waals surface area contributed by atoms with Gasteiger partial charge in [-0.25, -0.2) is 4.79 Å². The van der Waals surface area contributed by atoms with Crippen molar-refractivity contribution in [3.63, 3.8) is 0 Å². The second-order valence-electron chi connectivity index (χ2n) is 5.59. The van der Waals surface area contributed by atoms with Gasteiger partial charge in [-0.3, -0.25) is 4.79 Å². The van der Waals surface area contributed by atoms with Gasteiger partial charge in [-0.15, -0.1) is 0 Å². The molecule has 0 aliphatic carbocycles. The third-order valence-electron chi connectivity index (χ3n) is 3.69. The van der Waals surface area contributed by atoms with E-state index < -0.39 is 18.0 Å². The first kappa shape index (κ1) is 17.3. The molecule has 1 heterocycles. The maximum atomic E-state index is 12.3. The third-order valence-corrected chi connectivity index (χ3v) is 3.69. The van der Waals surface area contributed by atoms with Crippen molar-refractivity contribution in [3.8, 4) is 17.6 Å². The lowest BCUT2D eigenvalue weighted by Crippen LogP contribution is -2.30. The molecule has 0 saturated carbocycles. The number of amides is 1. The van der Waals surface area contributed by atoms with Gasteiger partial charge in [-0.1, -0.05) is 6.07 Å². The number of nitriles is 1. The summed E-state index contributed by atoms with van der Waals surface area (Å²) in [4.78, 5) is 24.4. The number of nitrogens with zero attached hydrogens (tertiary/aromatic N) is 1. The number of rotatable bonds is 4. The predicted octanol–water partition coefficient (Wildman–Crippen LogP) is 2.51. The van der Waals surface area contributed by atoms with Crippen LogP contribution in [-0.2, 0) is 9.53 Å². The fourth-order valence-corrected chi connectivity index (χ4v) is 2.36. The highest BCUT2D eigenvalue weighted by Crippen LogP contribution is 2.32. The zero-order valence-corrected chi connectivity index (χ0v) is 14.0. The number of anilines is 1. The molecule has 0 spiro atoms. The highest BCUT2D eigenvalue weighted by molar-refractivity contribution is 5.97. The molecule has 132 valence electrons. The van der Waals surface area contributed by atoms with Gasteiger partial charge in [-0.05, 0) is 37.3 Å². The Labute approximate surface area is 150 Å². The van der Waals surface area contributed by atoms with Crippen LogP contribution < -0.4 is 14.8 Å². The van der Waals surface area contributed by atoms with Crippen molar-refractivity contribution >= 4 is 17.6 Å². The number of ether oxygens (including phenoxy) is 3. The Kier molecular flexibility index (Phi) is 5.04. The van der Waals surface area contributed by atoms with Gasteiger partial charge in [0, 0.05) is 11.8 Å². The summed E-state index contributed by atoms with van der Waals surface area (Å²) in [6.45, 7) is 2.40. The molecule has 1 amide bonds. The maximum absolute atomic E-state index is 12.3. The van der Waals surface area contributed by atoms with Crippen LogP contribution in [0.2, 0.25) is 0 Å². The average Bonchev–Trinajstić information content (AvgIpc) is 2.67.